The van der Waals surface area contributed by atoms with Crippen molar-refractivity contribution in [1.82, 2.24) is 20.5 Å². The molecule has 0 saturated heterocycles. The number of aromatic amines is 2. The van der Waals surface area contributed by atoms with Gasteiger partial charge in [0.25, 0.3) is 5.91 Å². The summed E-state index contributed by atoms with van der Waals surface area (Å²) in [6.07, 6.45) is 1.41. The number of rotatable bonds is 4. The molecular formula is C19H15FN4O. The van der Waals surface area contributed by atoms with Crippen molar-refractivity contribution in [2.24, 2.45) is 0 Å². The van der Waals surface area contributed by atoms with Gasteiger partial charge in [0, 0.05) is 16.8 Å². The van der Waals surface area contributed by atoms with Crippen molar-refractivity contribution in [3.63, 3.8) is 0 Å². The molecule has 124 valence electrons. The summed E-state index contributed by atoms with van der Waals surface area (Å²) in [4.78, 5) is 15.7. The van der Waals surface area contributed by atoms with E-state index in [0.717, 1.165) is 16.6 Å². The summed E-state index contributed by atoms with van der Waals surface area (Å²) in [6, 6.07) is 16.2. The molecule has 0 bridgehead atoms. The molecule has 6 heteroatoms. The molecule has 0 aliphatic rings. The van der Waals surface area contributed by atoms with Gasteiger partial charge in [0.05, 0.1) is 24.0 Å². The van der Waals surface area contributed by atoms with Gasteiger partial charge in [0.1, 0.15) is 5.82 Å². The molecule has 0 atom stereocenters. The Hall–Kier alpha value is -3.41. The summed E-state index contributed by atoms with van der Waals surface area (Å²) in [5.74, 6) is -0.720. The van der Waals surface area contributed by atoms with Gasteiger partial charge in [-0.2, -0.15) is 5.10 Å². The molecule has 0 radical (unpaired) electrons. The number of H-pyrrole nitrogens is 2. The normalized spacial score (nSPS) is 10.9. The van der Waals surface area contributed by atoms with Crippen LogP contribution >= 0.6 is 0 Å². The van der Waals surface area contributed by atoms with E-state index >= 15 is 0 Å². The Morgan fingerprint density at radius 3 is 2.76 bits per heavy atom. The van der Waals surface area contributed by atoms with E-state index in [1.54, 1.807) is 18.2 Å². The zero-order chi connectivity index (χ0) is 17.2. The van der Waals surface area contributed by atoms with E-state index in [9.17, 15) is 9.18 Å². The van der Waals surface area contributed by atoms with E-state index in [1.165, 1.54) is 12.3 Å². The van der Waals surface area contributed by atoms with Crippen molar-refractivity contribution in [2.45, 2.75) is 6.54 Å². The van der Waals surface area contributed by atoms with Crippen LogP contribution in [0.3, 0.4) is 0 Å². The molecular weight excluding hydrogens is 319 g/mol. The largest absolute Gasteiger partial charge is 0.357 e. The van der Waals surface area contributed by atoms with Crippen LogP contribution < -0.4 is 5.32 Å². The van der Waals surface area contributed by atoms with Crippen LogP contribution in [0.5, 0.6) is 0 Å². The number of para-hydroxylation sites is 1. The van der Waals surface area contributed by atoms with Crippen molar-refractivity contribution < 1.29 is 9.18 Å². The first-order valence-electron chi connectivity index (χ1n) is 7.85. The van der Waals surface area contributed by atoms with Crippen LogP contribution in [0.25, 0.3) is 22.2 Å². The third kappa shape index (κ3) is 2.89. The number of halogens is 1. The molecule has 0 aliphatic carbocycles. The summed E-state index contributed by atoms with van der Waals surface area (Å²) in [5, 5.41) is 10.5. The number of nitrogens with one attached hydrogen (secondary N) is 3. The topological polar surface area (TPSA) is 73.6 Å². The molecule has 4 rings (SSSR count). The second kappa shape index (κ2) is 6.24. The van der Waals surface area contributed by atoms with Crippen LogP contribution in [-0.4, -0.2) is 21.1 Å². The molecule has 5 nitrogen and oxygen atoms in total. The molecule has 25 heavy (non-hydrogen) atoms. The first kappa shape index (κ1) is 15.1. The summed E-state index contributed by atoms with van der Waals surface area (Å²) < 4.78 is 14.0. The van der Waals surface area contributed by atoms with E-state index in [-0.39, 0.29) is 5.91 Å². The van der Waals surface area contributed by atoms with E-state index in [4.69, 9.17) is 0 Å². The average Bonchev–Trinajstić information content (AvgIpc) is 3.26. The lowest BCUT2D eigenvalue weighted by molar-refractivity contribution is 0.0951. The Morgan fingerprint density at radius 1 is 1.12 bits per heavy atom. The number of aromatic nitrogens is 3. The number of hydrogen-bond acceptors (Lipinski definition) is 2. The van der Waals surface area contributed by atoms with Gasteiger partial charge in [-0.05, 0) is 29.7 Å². The number of carbonyl (C=O) groups is 1. The number of hydrogen-bond donors (Lipinski definition) is 3. The highest BCUT2D eigenvalue weighted by atomic mass is 19.1. The van der Waals surface area contributed by atoms with Crippen LogP contribution in [0.1, 0.15) is 16.1 Å². The molecule has 2 heterocycles. The van der Waals surface area contributed by atoms with E-state index in [1.807, 2.05) is 30.3 Å². The van der Waals surface area contributed by atoms with Gasteiger partial charge in [-0.3, -0.25) is 9.89 Å². The Kier molecular flexibility index (Phi) is 3.78. The fraction of sp³-hybridized carbons (Fsp3) is 0.0526. The molecule has 1 amide bonds. The summed E-state index contributed by atoms with van der Waals surface area (Å²) >= 11 is 0. The standard InChI is InChI=1S/C19H15FN4O/c20-16-7-3-2-6-14(16)18-15(11-22-24-18)19(25)21-10-13-9-12-5-1-4-8-17(12)23-13/h1-9,11,23H,10H2,(H,21,25)(H,22,24). The van der Waals surface area contributed by atoms with Crippen LogP contribution in [0.2, 0.25) is 0 Å². The summed E-state index contributed by atoms with van der Waals surface area (Å²) in [7, 11) is 0. The molecule has 0 saturated carbocycles. The molecule has 2 aromatic carbocycles. The average molecular weight is 334 g/mol. The van der Waals surface area contributed by atoms with Crippen molar-refractivity contribution in [1.29, 1.82) is 0 Å². The van der Waals surface area contributed by atoms with Gasteiger partial charge in [0.15, 0.2) is 0 Å². The fourth-order valence-electron chi connectivity index (χ4n) is 2.83. The lowest BCUT2D eigenvalue weighted by Crippen LogP contribution is -2.23. The molecule has 2 aromatic heterocycles. The SMILES string of the molecule is O=C(NCc1cc2ccccc2[nH]1)c1cn[nH]c1-c1ccccc1F. The van der Waals surface area contributed by atoms with Crippen molar-refractivity contribution >= 4 is 16.8 Å². The Bertz CT molecular complexity index is 1020. The maximum absolute atomic E-state index is 14.0. The van der Waals surface area contributed by atoms with Crippen molar-refractivity contribution in [3.8, 4) is 11.3 Å². The maximum atomic E-state index is 14.0. The molecule has 3 N–H and O–H groups in total. The van der Waals surface area contributed by atoms with Gasteiger partial charge in [-0.15, -0.1) is 0 Å². The first-order chi connectivity index (χ1) is 12.2. The third-order valence-electron chi connectivity index (χ3n) is 4.05. The molecule has 0 aliphatic heterocycles. The highest BCUT2D eigenvalue weighted by molar-refractivity contribution is 5.99. The number of amides is 1. The minimum absolute atomic E-state index is 0.307. The lowest BCUT2D eigenvalue weighted by Gasteiger charge is -2.06. The fourth-order valence-corrected chi connectivity index (χ4v) is 2.83. The number of nitrogens with zero attached hydrogens (tertiary/aromatic N) is 1. The van der Waals surface area contributed by atoms with Crippen molar-refractivity contribution in [3.05, 3.63) is 77.9 Å². The highest BCUT2D eigenvalue weighted by Crippen LogP contribution is 2.24. The second-order valence-electron chi connectivity index (χ2n) is 5.70. The van der Waals surface area contributed by atoms with Gasteiger partial charge < -0.3 is 10.3 Å². The molecule has 0 spiro atoms. The molecule has 0 fully saturated rings. The smallest absolute Gasteiger partial charge is 0.255 e. The molecule has 0 unspecified atom stereocenters. The van der Waals surface area contributed by atoms with E-state index < -0.39 is 5.82 Å². The van der Waals surface area contributed by atoms with Gasteiger partial charge in [-0.1, -0.05) is 30.3 Å². The highest BCUT2D eigenvalue weighted by Gasteiger charge is 2.17. The Morgan fingerprint density at radius 2 is 1.92 bits per heavy atom. The van der Waals surface area contributed by atoms with Crippen molar-refractivity contribution in [2.75, 3.05) is 0 Å². The quantitative estimate of drug-likeness (QED) is 0.533. The third-order valence-corrected chi connectivity index (χ3v) is 4.05. The molecule has 4 aromatic rings. The van der Waals surface area contributed by atoms with Crippen LogP contribution in [-0.2, 0) is 6.54 Å². The second-order valence-corrected chi connectivity index (χ2v) is 5.70. The van der Waals surface area contributed by atoms with E-state index in [0.29, 0.717) is 23.4 Å². The van der Waals surface area contributed by atoms with Gasteiger partial charge in [0.2, 0.25) is 0 Å². The number of benzene rings is 2. The lowest BCUT2D eigenvalue weighted by atomic mass is 10.1. The first-order valence-corrected chi connectivity index (χ1v) is 7.85. The van der Waals surface area contributed by atoms with Crippen LogP contribution in [0, 0.1) is 5.82 Å². The summed E-state index contributed by atoms with van der Waals surface area (Å²) in [6.45, 7) is 0.343. The minimum atomic E-state index is -0.406. The zero-order valence-electron chi connectivity index (χ0n) is 13.2. The van der Waals surface area contributed by atoms with Gasteiger partial charge >= 0.3 is 0 Å². The Balaban J connectivity index is 1.54. The predicted molar refractivity (Wildman–Crippen MR) is 93.5 cm³/mol. The number of fused-ring (bicyclic) bond motifs is 1. The van der Waals surface area contributed by atoms with E-state index in [2.05, 4.69) is 20.5 Å². The van der Waals surface area contributed by atoms with Gasteiger partial charge in [-0.25, -0.2) is 4.39 Å². The number of carbonyl (C=O) groups excluding carboxylic acids is 1. The summed E-state index contributed by atoms with van der Waals surface area (Å²) in [5.41, 5.74) is 2.90. The zero-order valence-corrected chi connectivity index (χ0v) is 13.2. The minimum Gasteiger partial charge on any atom is -0.357 e. The van der Waals surface area contributed by atoms with Crippen LogP contribution in [0.15, 0.2) is 60.8 Å². The van der Waals surface area contributed by atoms with Crippen LogP contribution in [0.4, 0.5) is 4.39 Å². The monoisotopic (exact) mass is 334 g/mol. The maximum Gasteiger partial charge on any atom is 0.255 e. The predicted octanol–water partition coefficient (Wildman–Crippen LogP) is 3.63. The Labute approximate surface area is 142 Å².